The smallest absolute Gasteiger partial charge is 0.211 e. The summed E-state index contributed by atoms with van der Waals surface area (Å²) >= 11 is 0. The maximum Gasteiger partial charge on any atom is 0.211 e. The van der Waals surface area contributed by atoms with Crippen molar-refractivity contribution in [1.82, 2.24) is 14.8 Å². The average molecular weight is 341 g/mol. The Hall–Kier alpha value is -2.63. The topological polar surface area (TPSA) is 77.2 Å². The number of allylic oxidation sites excluding steroid dienone is 1. The van der Waals surface area contributed by atoms with Crippen molar-refractivity contribution in [3.8, 4) is 11.6 Å². The standard InChI is InChI=1S/C19H23N3O3/c1-2-9-22-17(7-8-21-22)16-6-4-3-5-14(16)13-25-18-11-20-19(24)10-15(18)12-23/h7-8,10-12H,2-6,9,13H2,1H3,(H,20,24). The van der Waals surface area contributed by atoms with Gasteiger partial charge in [0.1, 0.15) is 12.4 Å². The second kappa shape index (κ2) is 7.96. The molecule has 0 saturated carbocycles. The van der Waals surface area contributed by atoms with E-state index in [1.165, 1.54) is 29.1 Å². The molecule has 2 heterocycles. The summed E-state index contributed by atoms with van der Waals surface area (Å²) in [6.07, 6.45) is 9.24. The Morgan fingerprint density at radius 3 is 3.00 bits per heavy atom. The van der Waals surface area contributed by atoms with Crippen LogP contribution in [0.1, 0.15) is 55.1 Å². The molecule has 0 saturated heterocycles. The molecule has 0 aliphatic heterocycles. The number of aldehydes is 1. The predicted molar refractivity (Wildman–Crippen MR) is 94.7 cm³/mol. The number of ether oxygens (including phenoxy) is 1. The quantitative estimate of drug-likeness (QED) is 0.778. The van der Waals surface area contributed by atoms with Crippen LogP contribution in [0.25, 0.3) is 5.57 Å². The molecule has 0 fully saturated rings. The second-order valence-corrected chi connectivity index (χ2v) is 6.22. The van der Waals surface area contributed by atoms with E-state index in [-0.39, 0.29) is 5.88 Å². The molecule has 0 bridgehead atoms. The number of aromatic hydroxyl groups is 1. The molecular weight excluding hydrogens is 318 g/mol. The SMILES string of the molecule is CCCn1nccc1C1=C(COc2cnc(O)cc2C=O)CCCC1. The summed E-state index contributed by atoms with van der Waals surface area (Å²) in [6.45, 7) is 3.46. The van der Waals surface area contributed by atoms with Gasteiger partial charge in [0.15, 0.2) is 6.29 Å². The summed E-state index contributed by atoms with van der Waals surface area (Å²) in [7, 11) is 0. The summed E-state index contributed by atoms with van der Waals surface area (Å²) in [5.41, 5.74) is 4.02. The van der Waals surface area contributed by atoms with Crippen LogP contribution in [0, 0.1) is 0 Å². The molecule has 0 radical (unpaired) electrons. The molecule has 0 atom stereocenters. The second-order valence-electron chi connectivity index (χ2n) is 6.22. The van der Waals surface area contributed by atoms with E-state index in [0.29, 0.717) is 24.2 Å². The van der Waals surface area contributed by atoms with E-state index < -0.39 is 0 Å². The molecule has 132 valence electrons. The molecule has 3 rings (SSSR count). The summed E-state index contributed by atoms with van der Waals surface area (Å²) in [4.78, 5) is 15.0. The zero-order chi connectivity index (χ0) is 17.6. The monoisotopic (exact) mass is 341 g/mol. The van der Waals surface area contributed by atoms with Gasteiger partial charge in [-0.3, -0.25) is 9.48 Å². The van der Waals surface area contributed by atoms with E-state index in [9.17, 15) is 9.90 Å². The van der Waals surface area contributed by atoms with Gasteiger partial charge in [-0.05, 0) is 49.3 Å². The van der Waals surface area contributed by atoms with Crippen LogP contribution in [0.3, 0.4) is 0 Å². The Morgan fingerprint density at radius 1 is 1.36 bits per heavy atom. The Labute approximate surface area is 147 Å². The first-order valence-electron chi connectivity index (χ1n) is 8.73. The van der Waals surface area contributed by atoms with Gasteiger partial charge in [-0.15, -0.1) is 0 Å². The van der Waals surface area contributed by atoms with E-state index in [4.69, 9.17) is 4.74 Å². The van der Waals surface area contributed by atoms with Crippen LogP contribution in [0.4, 0.5) is 0 Å². The first-order chi connectivity index (χ1) is 12.2. The number of nitrogens with zero attached hydrogens (tertiary/aromatic N) is 3. The summed E-state index contributed by atoms with van der Waals surface area (Å²) < 4.78 is 7.91. The highest BCUT2D eigenvalue weighted by atomic mass is 16.5. The molecule has 1 aliphatic rings. The van der Waals surface area contributed by atoms with Crippen molar-refractivity contribution in [2.75, 3.05) is 6.61 Å². The molecule has 1 aliphatic carbocycles. The lowest BCUT2D eigenvalue weighted by atomic mass is 9.90. The molecule has 0 spiro atoms. The molecule has 6 heteroatoms. The van der Waals surface area contributed by atoms with Crippen molar-refractivity contribution in [1.29, 1.82) is 0 Å². The highest BCUT2D eigenvalue weighted by molar-refractivity contribution is 5.79. The molecule has 1 N–H and O–H groups in total. The molecule has 0 amide bonds. The van der Waals surface area contributed by atoms with E-state index in [1.54, 1.807) is 0 Å². The van der Waals surface area contributed by atoms with Crippen molar-refractivity contribution >= 4 is 11.9 Å². The fourth-order valence-corrected chi connectivity index (χ4v) is 3.24. The van der Waals surface area contributed by atoms with Gasteiger partial charge in [0.2, 0.25) is 5.88 Å². The number of hydrogen-bond donors (Lipinski definition) is 1. The summed E-state index contributed by atoms with van der Waals surface area (Å²) in [5.74, 6) is 0.211. The van der Waals surface area contributed by atoms with Crippen molar-refractivity contribution in [2.45, 2.75) is 45.6 Å². The Kier molecular flexibility index (Phi) is 5.48. The number of aryl methyl sites for hydroxylation is 1. The van der Waals surface area contributed by atoms with E-state index in [2.05, 4.69) is 27.8 Å². The Morgan fingerprint density at radius 2 is 2.20 bits per heavy atom. The normalized spacial score (nSPS) is 14.6. The van der Waals surface area contributed by atoms with E-state index in [0.717, 1.165) is 38.6 Å². The minimum Gasteiger partial charge on any atom is -0.493 e. The number of carbonyl (C=O) groups is 1. The molecule has 2 aromatic rings. The van der Waals surface area contributed by atoms with Gasteiger partial charge in [-0.25, -0.2) is 4.98 Å². The minimum atomic E-state index is -0.185. The van der Waals surface area contributed by atoms with Gasteiger partial charge < -0.3 is 9.84 Å². The van der Waals surface area contributed by atoms with E-state index in [1.807, 2.05) is 6.20 Å². The molecule has 0 unspecified atom stereocenters. The van der Waals surface area contributed by atoms with Crippen LogP contribution in [0.15, 0.2) is 30.1 Å². The predicted octanol–water partition coefficient (Wildman–Crippen LogP) is 3.61. The van der Waals surface area contributed by atoms with Gasteiger partial charge in [-0.1, -0.05) is 6.92 Å². The van der Waals surface area contributed by atoms with Crippen LogP contribution in [-0.2, 0) is 6.54 Å². The molecule has 6 nitrogen and oxygen atoms in total. The number of rotatable bonds is 7. The molecular formula is C19H23N3O3. The minimum absolute atomic E-state index is 0.185. The fraction of sp³-hybridized carbons (Fsp3) is 0.421. The van der Waals surface area contributed by atoms with E-state index >= 15 is 0 Å². The number of hydrogen-bond acceptors (Lipinski definition) is 5. The summed E-state index contributed by atoms with van der Waals surface area (Å²) in [5, 5.41) is 13.8. The van der Waals surface area contributed by atoms with Crippen molar-refractivity contribution in [3.05, 3.63) is 41.4 Å². The lowest BCUT2D eigenvalue weighted by molar-refractivity contribution is 0.111. The largest absolute Gasteiger partial charge is 0.493 e. The lowest BCUT2D eigenvalue weighted by Gasteiger charge is -2.22. The highest BCUT2D eigenvalue weighted by Crippen LogP contribution is 2.33. The maximum atomic E-state index is 11.2. The molecule has 0 aromatic carbocycles. The number of aromatic nitrogens is 3. The first kappa shape index (κ1) is 17.2. The van der Waals surface area contributed by atoms with Crippen LogP contribution in [-0.4, -0.2) is 32.8 Å². The van der Waals surface area contributed by atoms with Crippen molar-refractivity contribution < 1.29 is 14.6 Å². The van der Waals surface area contributed by atoms with Gasteiger partial charge in [-0.2, -0.15) is 5.10 Å². The van der Waals surface area contributed by atoms with Crippen molar-refractivity contribution in [2.24, 2.45) is 0 Å². The maximum absolute atomic E-state index is 11.2. The van der Waals surface area contributed by atoms with Crippen LogP contribution < -0.4 is 4.74 Å². The molecule has 2 aromatic heterocycles. The summed E-state index contributed by atoms with van der Waals surface area (Å²) in [6, 6.07) is 3.38. The lowest BCUT2D eigenvalue weighted by Crippen LogP contribution is -2.12. The van der Waals surface area contributed by atoms with Gasteiger partial charge >= 0.3 is 0 Å². The zero-order valence-electron chi connectivity index (χ0n) is 14.4. The van der Waals surface area contributed by atoms with Gasteiger partial charge in [0.05, 0.1) is 17.5 Å². The third-order valence-electron chi connectivity index (χ3n) is 4.46. The van der Waals surface area contributed by atoms with Crippen LogP contribution in [0.5, 0.6) is 11.6 Å². The average Bonchev–Trinajstić information content (AvgIpc) is 3.09. The van der Waals surface area contributed by atoms with Crippen LogP contribution >= 0.6 is 0 Å². The third kappa shape index (κ3) is 3.90. The Bertz CT molecular complexity index is 780. The third-order valence-corrected chi connectivity index (χ3v) is 4.46. The number of pyridine rings is 1. The van der Waals surface area contributed by atoms with Crippen molar-refractivity contribution in [3.63, 3.8) is 0 Å². The van der Waals surface area contributed by atoms with Crippen LogP contribution in [0.2, 0.25) is 0 Å². The zero-order valence-corrected chi connectivity index (χ0v) is 14.4. The Balaban J connectivity index is 1.84. The first-order valence-corrected chi connectivity index (χ1v) is 8.73. The van der Waals surface area contributed by atoms with Gasteiger partial charge in [0, 0.05) is 18.8 Å². The highest BCUT2D eigenvalue weighted by Gasteiger charge is 2.18. The number of carbonyl (C=O) groups excluding carboxylic acids is 1. The fourth-order valence-electron chi connectivity index (χ4n) is 3.24. The molecule has 25 heavy (non-hydrogen) atoms. The van der Waals surface area contributed by atoms with Gasteiger partial charge in [0.25, 0.3) is 0 Å².